The number of aliphatic hydroxyl groups is 1. The normalized spacial score (nSPS) is 14.1. The Morgan fingerprint density at radius 3 is 2.24 bits per heavy atom. The summed E-state index contributed by atoms with van der Waals surface area (Å²) in [5, 5.41) is 23.7. The van der Waals surface area contributed by atoms with Gasteiger partial charge in [0.05, 0.1) is 5.97 Å². The minimum atomic E-state index is -1.64. The number of alkyl carbamates (subject to hydrolysis) is 1. The van der Waals surface area contributed by atoms with Gasteiger partial charge in [-0.05, 0) is 38.5 Å². The molecule has 0 bridgehead atoms. The number of carbonyl (C=O) groups is 2. The molecule has 1 rings (SSSR count). The highest BCUT2D eigenvalue weighted by atomic mass is 35.5. The van der Waals surface area contributed by atoms with Crippen molar-refractivity contribution in [2.75, 3.05) is 0 Å². The average molecular weight is 315 g/mol. The Morgan fingerprint density at radius 2 is 1.81 bits per heavy atom. The summed E-state index contributed by atoms with van der Waals surface area (Å²) in [6, 6.07) is 4.28. The zero-order valence-electron chi connectivity index (χ0n) is 11.9. The molecule has 0 saturated carbocycles. The number of hydrogen-bond acceptors (Lipinski definition) is 5. The number of hydrogen-bond donors (Lipinski definition) is 2. The van der Waals surface area contributed by atoms with Crippen LogP contribution in [0.15, 0.2) is 24.3 Å². The smallest absolute Gasteiger partial charge is 0.408 e. The molecule has 21 heavy (non-hydrogen) atoms. The standard InChI is InChI=1S/C14H18ClNO5/c1-14(2,3)21-13(20)16-10(12(18)19)11(17)8-4-6-9(15)7-5-8/h4-7,10-11,17H,1-3H3,(H,16,20)(H,18,19)/p-1/t10-,11-/m0/s1. The fourth-order valence-corrected chi connectivity index (χ4v) is 1.68. The average Bonchev–Trinajstić information content (AvgIpc) is 2.33. The first-order valence-electron chi connectivity index (χ1n) is 6.24. The Kier molecular flexibility index (Phi) is 5.57. The molecule has 0 aliphatic rings. The Balaban J connectivity index is 2.84. The fraction of sp³-hybridized carbons (Fsp3) is 0.429. The number of benzene rings is 1. The Morgan fingerprint density at radius 1 is 1.29 bits per heavy atom. The molecule has 0 unspecified atom stereocenters. The van der Waals surface area contributed by atoms with Gasteiger partial charge in [-0.2, -0.15) is 0 Å². The molecule has 0 fully saturated rings. The van der Waals surface area contributed by atoms with Crippen molar-refractivity contribution in [2.24, 2.45) is 0 Å². The zero-order valence-corrected chi connectivity index (χ0v) is 12.7. The largest absolute Gasteiger partial charge is 0.548 e. The van der Waals surface area contributed by atoms with Crippen molar-refractivity contribution in [3.63, 3.8) is 0 Å². The summed E-state index contributed by atoms with van der Waals surface area (Å²) in [7, 11) is 0. The van der Waals surface area contributed by atoms with Gasteiger partial charge in [0.2, 0.25) is 0 Å². The van der Waals surface area contributed by atoms with Crippen molar-refractivity contribution in [2.45, 2.75) is 38.5 Å². The van der Waals surface area contributed by atoms with Crippen LogP contribution in [0.3, 0.4) is 0 Å². The first kappa shape index (κ1) is 17.3. The van der Waals surface area contributed by atoms with E-state index >= 15 is 0 Å². The highest BCUT2D eigenvalue weighted by Crippen LogP contribution is 2.19. The van der Waals surface area contributed by atoms with Gasteiger partial charge in [0.25, 0.3) is 0 Å². The Bertz CT molecular complexity index is 509. The lowest BCUT2D eigenvalue weighted by Crippen LogP contribution is -2.52. The minimum absolute atomic E-state index is 0.282. The molecule has 2 N–H and O–H groups in total. The molecule has 1 aromatic rings. The molecule has 0 aliphatic carbocycles. The van der Waals surface area contributed by atoms with Crippen molar-refractivity contribution < 1.29 is 24.5 Å². The first-order valence-corrected chi connectivity index (χ1v) is 6.62. The lowest BCUT2D eigenvalue weighted by molar-refractivity contribution is -0.310. The summed E-state index contributed by atoms with van der Waals surface area (Å²) in [6.07, 6.45) is -2.44. The molecule has 1 aromatic carbocycles. The second-order valence-corrected chi connectivity index (χ2v) is 5.88. The van der Waals surface area contributed by atoms with Gasteiger partial charge in [0, 0.05) is 5.02 Å². The number of amides is 1. The molecule has 0 aromatic heterocycles. The number of ether oxygens (including phenoxy) is 1. The van der Waals surface area contributed by atoms with Crippen molar-refractivity contribution in [1.82, 2.24) is 5.32 Å². The van der Waals surface area contributed by atoms with Gasteiger partial charge >= 0.3 is 6.09 Å². The molecule has 1 amide bonds. The number of carboxylic acid groups (broad SMARTS) is 1. The van der Waals surface area contributed by atoms with Crippen LogP contribution < -0.4 is 10.4 Å². The second-order valence-electron chi connectivity index (χ2n) is 5.44. The van der Waals surface area contributed by atoms with Crippen LogP contribution in [0.25, 0.3) is 0 Å². The first-order chi connectivity index (χ1) is 9.60. The highest BCUT2D eigenvalue weighted by Gasteiger charge is 2.26. The van der Waals surface area contributed by atoms with Crippen LogP contribution in [-0.4, -0.2) is 28.8 Å². The third-order valence-electron chi connectivity index (χ3n) is 2.45. The van der Waals surface area contributed by atoms with E-state index in [-0.39, 0.29) is 5.56 Å². The van der Waals surface area contributed by atoms with Crippen molar-refractivity contribution in [3.05, 3.63) is 34.9 Å². The third-order valence-corrected chi connectivity index (χ3v) is 2.71. The SMILES string of the molecule is CC(C)(C)OC(=O)N[C@H](C(=O)[O-])[C@@H](O)c1ccc(Cl)cc1. The van der Waals surface area contributed by atoms with Crippen molar-refractivity contribution >= 4 is 23.7 Å². The number of rotatable bonds is 4. The van der Waals surface area contributed by atoms with Crippen molar-refractivity contribution in [3.8, 4) is 0 Å². The maximum atomic E-state index is 11.6. The lowest BCUT2D eigenvalue weighted by Gasteiger charge is -2.27. The van der Waals surface area contributed by atoms with Crippen LogP contribution >= 0.6 is 11.6 Å². The summed E-state index contributed by atoms with van der Waals surface area (Å²) in [4.78, 5) is 22.7. The van der Waals surface area contributed by atoms with Gasteiger partial charge in [0.1, 0.15) is 17.7 Å². The van der Waals surface area contributed by atoms with Crippen LogP contribution in [0.5, 0.6) is 0 Å². The maximum absolute atomic E-state index is 11.6. The summed E-state index contributed by atoms with van der Waals surface area (Å²) < 4.78 is 4.95. The number of carbonyl (C=O) groups excluding carboxylic acids is 2. The second kappa shape index (κ2) is 6.78. The Hall–Kier alpha value is -1.79. The van der Waals surface area contributed by atoms with E-state index in [1.54, 1.807) is 20.8 Å². The number of aliphatic carboxylic acids is 1. The number of aliphatic hydroxyl groups excluding tert-OH is 1. The number of halogens is 1. The van der Waals surface area contributed by atoms with Crippen LogP contribution in [0, 0.1) is 0 Å². The summed E-state index contributed by atoms with van der Waals surface area (Å²) >= 11 is 5.72. The van der Waals surface area contributed by atoms with Gasteiger partial charge in [0.15, 0.2) is 0 Å². The van der Waals surface area contributed by atoms with Crippen LogP contribution in [-0.2, 0) is 9.53 Å². The molecule has 116 valence electrons. The summed E-state index contributed by atoms with van der Waals surface area (Å²) in [6.45, 7) is 4.91. The molecule has 2 atom stereocenters. The molecular weight excluding hydrogens is 298 g/mol. The van der Waals surface area contributed by atoms with E-state index in [1.165, 1.54) is 24.3 Å². The number of carboxylic acids is 1. The predicted molar refractivity (Wildman–Crippen MR) is 74.6 cm³/mol. The van der Waals surface area contributed by atoms with Gasteiger partial charge in [-0.1, -0.05) is 23.7 Å². The molecule has 0 radical (unpaired) electrons. The quantitative estimate of drug-likeness (QED) is 0.864. The number of nitrogens with one attached hydrogen (secondary N) is 1. The monoisotopic (exact) mass is 314 g/mol. The highest BCUT2D eigenvalue weighted by molar-refractivity contribution is 6.30. The van der Waals surface area contributed by atoms with Gasteiger partial charge in [-0.3, -0.25) is 0 Å². The molecule has 6 nitrogen and oxygen atoms in total. The third kappa shape index (κ3) is 5.61. The summed E-state index contributed by atoms with van der Waals surface area (Å²) in [5.74, 6) is -1.62. The molecular formula is C14H17ClNO5-. The lowest BCUT2D eigenvalue weighted by atomic mass is 10.0. The van der Waals surface area contributed by atoms with E-state index < -0.39 is 29.8 Å². The fourth-order valence-electron chi connectivity index (χ4n) is 1.55. The van der Waals surface area contributed by atoms with E-state index in [2.05, 4.69) is 5.32 Å². The van der Waals surface area contributed by atoms with E-state index in [0.717, 1.165) is 0 Å². The molecule has 0 heterocycles. The van der Waals surface area contributed by atoms with E-state index in [1.807, 2.05) is 0 Å². The predicted octanol–water partition coefficient (Wildman–Crippen LogP) is 1.02. The van der Waals surface area contributed by atoms with Gasteiger partial charge < -0.3 is 25.1 Å². The molecule has 0 aliphatic heterocycles. The molecule has 0 spiro atoms. The van der Waals surface area contributed by atoms with Crippen LogP contribution in [0.1, 0.15) is 32.4 Å². The van der Waals surface area contributed by atoms with Crippen LogP contribution in [0.4, 0.5) is 4.79 Å². The van der Waals surface area contributed by atoms with Crippen LogP contribution in [0.2, 0.25) is 5.02 Å². The topological polar surface area (TPSA) is 98.7 Å². The molecule has 0 saturated heterocycles. The van der Waals surface area contributed by atoms with Gasteiger partial charge in [-0.25, -0.2) is 4.79 Å². The van der Waals surface area contributed by atoms with E-state index in [0.29, 0.717) is 5.02 Å². The van der Waals surface area contributed by atoms with Crippen molar-refractivity contribution in [1.29, 1.82) is 0 Å². The maximum Gasteiger partial charge on any atom is 0.408 e. The zero-order chi connectivity index (χ0) is 16.2. The molecule has 7 heteroatoms. The minimum Gasteiger partial charge on any atom is -0.548 e. The summed E-state index contributed by atoms with van der Waals surface area (Å²) in [5.41, 5.74) is -0.504. The van der Waals surface area contributed by atoms with Gasteiger partial charge in [-0.15, -0.1) is 0 Å². The van der Waals surface area contributed by atoms with E-state index in [9.17, 15) is 19.8 Å². The Labute approximate surface area is 127 Å². The van der Waals surface area contributed by atoms with E-state index in [4.69, 9.17) is 16.3 Å².